The third-order valence-electron chi connectivity index (χ3n) is 3.07. The molecule has 14 heteroatoms. The highest BCUT2D eigenvalue weighted by atomic mass is 35.5. The standard InChI is InChI=1S/C9H20N2O4.C4H11NO3.C2H2Cl2O.C2H6O/c1-2-3-10-4-8(15)11-9(5-12,6-13)7-14;5-4(1-6,2-7)3-8;3-1-2(4)5;1-2-3/h10,12-14H,2-7H2,1H3,(H,11,15);6-8H,1-3,5H2;1H2;3H,2H2,1H3. The number of aliphatic hydroxyl groups is 7. The zero-order chi connectivity index (χ0) is 25.3. The molecule has 0 heterocycles. The number of aliphatic hydroxyl groups excluding tert-OH is 7. The Hall–Kier alpha value is -0.640. The van der Waals surface area contributed by atoms with E-state index in [9.17, 15) is 9.59 Å². The van der Waals surface area contributed by atoms with E-state index in [0.29, 0.717) is 0 Å². The van der Waals surface area contributed by atoms with Gasteiger partial charge >= 0.3 is 0 Å². The summed E-state index contributed by atoms with van der Waals surface area (Å²) in [5.74, 6) is -0.456. The van der Waals surface area contributed by atoms with Crippen LogP contribution in [0, 0.1) is 0 Å². The van der Waals surface area contributed by atoms with E-state index in [0.717, 1.165) is 13.0 Å². The van der Waals surface area contributed by atoms with Crippen LogP contribution in [-0.4, -0.2) is 123 Å². The molecule has 0 aromatic carbocycles. The largest absolute Gasteiger partial charge is 0.397 e. The molecule has 0 bridgehead atoms. The molecule has 190 valence electrons. The first kappa shape index (κ1) is 37.7. The summed E-state index contributed by atoms with van der Waals surface area (Å²) >= 11 is 9.55. The second-order valence-electron chi connectivity index (χ2n) is 6.12. The first-order chi connectivity index (χ1) is 14.5. The van der Waals surface area contributed by atoms with E-state index in [4.69, 9.17) is 64.7 Å². The van der Waals surface area contributed by atoms with Crippen LogP contribution in [-0.2, 0) is 9.59 Å². The number of carbonyl (C=O) groups excluding carboxylic acids is 2. The molecule has 0 fully saturated rings. The van der Waals surface area contributed by atoms with E-state index in [-0.39, 0.29) is 24.9 Å². The fourth-order valence-corrected chi connectivity index (χ4v) is 1.14. The van der Waals surface area contributed by atoms with Gasteiger partial charge in [0.1, 0.15) is 5.54 Å². The van der Waals surface area contributed by atoms with Crippen LogP contribution >= 0.6 is 23.2 Å². The highest BCUT2D eigenvalue weighted by molar-refractivity contribution is 6.67. The summed E-state index contributed by atoms with van der Waals surface area (Å²) in [6, 6.07) is 0. The van der Waals surface area contributed by atoms with Crippen molar-refractivity contribution in [1.82, 2.24) is 10.6 Å². The third-order valence-corrected chi connectivity index (χ3v) is 3.59. The molecule has 11 N–H and O–H groups in total. The lowest BCUT2D eigenvalue weighted by atomic mass is 10.0. The van der Waals surface area contributed by atoms with Crippen LogP contribution in [0.4, 0.5) is 0 Å². The molecule has 12 nitrogen and oxygen atoms in total. The molecule has 0 saturated carbocycles. The first-order valence-electron chi connectivity index (χ1n) is 9.32. The Morgan fingerprint density at radius 3 is 1.42 bits per heavy atom. The molecule has 0 aliphatic heterocycles. The zero-order valence-corrected chi connectivity index (χ0v) is 19.6. The Bertz CT molecular complexity index is 398. The minimum absolute atomic E-state index is 0.0957. The number of nitrogens with one attached hydrogen (secondary N) is 2. The second kappa shape index (κ2) is 25.6. The summed E-state index contributed by atoms with van der Waals surface area (Å²) in [5, 5.41) is 64.2. The SMILES string of the molecule is CCCNCC(=O)NC(CO)(CO)CO.CCO.NC(CO)(CO)CO.O=C(Cl)CCl. The molecule has 0 aromatic rings. The minimum Gasteiger partial charge on any atom is -0.397 e. The van der Waals surface area contributed by atoms with Crippen LogP contribution in [0.1, 0.15) is 20.3 Å². The maximum Gasteiger partial charge on any atom is 0.236 e. The molecule has 0 radical (unpaired) electrons. The molecule has 0 aromatic heterocycles. The number of hydrogen-bond acceptors (Lipinski definition) is 11. The molecule has 0 rings (SSSR count). The Morgan fingerprint density at radius 1 is 0.871 bits per heavy atom. The number of halogens is 2. The number of carbonyl (C=O) groups is 2. The normalized spacial score (nSPS) is 10.5. The van der Waals surface area contributed by atoms with Crippen molar-refractivity contribution in [1.29, 1.82) is 0 Å². The van der Waals surface area contributed by atoms with Gasteiger partial charge in [-0.15, -0.1) is 11.6 Å². The second-order valence-corrected chi connectivity index (χ2v) is 6.81. The van der Waals surface area contributed by atoms with Crippen molar-refractivity contribution in [2.24, 2.45) is 5.73 Å². The average molecular weight is 500 g/mol. The van der Waals surface area contributed by atoms with Gasteiger partial charge in [-0.25, -0.2) is 0 Å². The molecular weight excluding hydrogens is 461 g/mol. The van der Waals surface area contributed by atoms with E-state index in [1.54, 1.807) is 6.92 Å². The van der Waals surface area contributed by atoms with Crippen molar-refractivity contribution in [2.45, 2.75) is 31.3 Å². The average Bonchev–Trinajstić information content (AvgIpc) is 2.78. The van der Waals surface area contributed by atoms with Crippen molar-refractivity contribution in [3.8, 4) is 0 Å². The number of rotatable bonds is 12. The maximum absolute atomic E-state index is 11.3. The molecule has 0 aliphatic carbocycles. The predicted molar refractivity (Wildman–Crippen MR) is 118 cm³/mol. The van der Waals surface area contributed by atoms with Crippen LogP contribution < -0.4 is 16.4 Å². The summed E-state index contributed by atoms with van der Waals surface area (Å²) in [7, 11) is 0. The smallest absolute Gasteiger partial charge is 0.236 e. The third kappa shape index (κ3) is 25.5. The van der Waals surface area contributed by atoms with Gasteiger partial charge in [0, 0.05) is 6.61 Å². The predicted octanol–water partition coefficient (Wildman–Crippen LogP) is -3.53. The lowest BCUT2D eigenvalue weighted by molar-refractivity contribution is -0.124. The fourth-order valence-electron chi connectivity index (χ4n) is 1.14. The van der Waals surface area contributed by atoms with Gasteiger partial charge in [-0.05, 0) is 31.5 Å². The van der Waals surface area contributed by atoms with Gasteiger partial charge in [0.15, 0.2) is 0 Å². The lowest BCUT2D eigenvalue weighted by Crippen LogP contribution is -2.58. The molecule has 0 atom stereocenters. The topological polar surface area (TPSA) is 226 Å². The summed E-state index contributed by atoms with van der Waals surface area (Å²) in [5.41, 5.74) is 2.61. The van der Waals surface area contributed by atoms with E-state index in [1.165, 1.54) is 0 Å². The number of nitrogens with two attached hydrogens (primary N) is 1. The van der Waals surface area contributed by atoms with Gasteiger partial charge in [0.2, 0.25) is 11.1 Å². The van der Waals surface area contributed by atoms with Crippen molar-refractivity contribution in [3.63, 3.8) is 0 Å². The quantitative estimate of drug-likeness (QED) is 0.0717. The summed E-state index contributed by atoms with van der Waals surface area (Å²) in [6.45, 7) is 2.02. The monoisotopic (exact) mass is 499 g/mol. The maximum atomic E-state index is 11.3. The Balaban J connectivity index is -0.000000190. The van der Waals surface area contributed by atoms with Crippen molar-refractivity contribution in [2.75, 3.05) is 65.2 Å². The Morgan fingerprint density at radius 2 is 1.23 bits per heavy atom. The highest BCUT2D eigenvalue weighted by Gasteiger charge is 2.29. The molecular formula is C17H39Cl2N3O9. The fraction of sp³-hybridized carbons (Fsp3) is 0.882. The van der Waals surface area contributed by atoms with Crippen LogP contribution in [0.3, 0.4) is 0 Å². The highest BCUT2D eigenvalue weighted by Crippen LogP contribution is 2.00. The number of alkyl halides is 1. The summed E-state index contributed by atoms with van der Waals surface area (Å²) in [4.78, 5) is 20.7. The van der Waals surface area contributed by atoms with E-state index < -0.39 is 56.0 Å². The zero-order valence-electron chi connectivity index (χ0n) is 18.1. The molecule has 1 amide bonds. The van der Waals surface area contributed by atoms with Gasteiger partial charge in [-0.1, -0.05) is 6.92 Å². The molecule has 31 heavy (non-hydrogen) atoms. The molecule has 0 saturated heterocycles. The van der Waals surface area contributed by atoms with E-state index in [2.05, 4.69) is 10.6 Å². The Kier molecular flexibility index (Phi) is 31.1. The summed E-state index contributed by atoms with van der Waals surface area (Å²) < 4.78 is 0. The van der Waals surface area contributed by atoms with Crippen LogP contribution in [0.2, 0.25) is 0 Å². The van der Waals surface area contributed by atoms with Gasteiger partial charge in [-0.2, -0.15) is 0 Å². The summed E-state index contributed by atoms with van der Waals surface area (Å²) in [6.07, 6.45) is 0.915. The van der Waals surface area contributed by atoms with Gasteiger partial charge in [0.05, 0.1) is 57.6 Å². The molecule has 0 aliphatic rings. The minimum atomic E-state index is -1.33. The molecule has 0 spiro atoms. The number of amides is 1. The Labute approximate surface area is 193 Å². The molecule has 0 unspecified atom stereocenters. The van der Waals surface area contributed by atoms with Crippen LogP contribution in [0.25, 0.3) is 0 Å². The first-order valence-corrected chi connectivity index (χ1v) is 10.2. The van der Waals surface area contributed by atoms with Crippen molar-refractivity contribution >= 4 is 34.4 Å². The number of hydrogen-bond donors (Lipinski definition) is 10. The van der Waals surface area contributed by atoms with Crippen molar-refractivity contribution in [3.05, 3.63) is 0 Å². The van der Waals surface area contributed by atoms with Gasteiger partial charge < -0.3 is 52.1 Å². The van der Waals surface area contributed by atoms with Crippen LogP contribution in [0.5, 0.6) is 0 Å². The van der Waals surface area contributed by atoms with E-state index >= 15 is 0 Å². The lowest BCUT2D eigenvalue weighted by Gasteiger charge is -2.28. The van der Waals surface area contributed by atoms with Crippen LogP contribution in [0.15, 0.2) is 0 Å². The van der Waals surface area contributed by atoms with E-state index in [1.807, 2.05) is 6.92 Å². The van der Waals surface area contributed by atoms with Gasteiger partial charge in [-0.3, -0.25) is 9.59 Å². The van der Waals surface area contributed by atoms with Crippen molar-refractivity contribution < 1.29 is 45.3 Å². The van der Waals surface area contributed by atoms with Gasteiger partial charge in [0.25, 0.3) is 0 Å².